The second kappa shape index (κ2) is 13.9. The highest BCUT2D eigenvalue weighted by Gasteiger charge is 2.36. The maximum absolute atomic E-state index is 15.0. The van der Waals surface area contributed by atoms with Crippen molar-refractivity contribution in [3.05, 3.63) is 132 Å². The first-order chi connectivity index (χ1) is 20.8. The largest absolute Gasteiger partial charge is 0.350 e. The van der Waals surface area contributed by atoms with Crippen molar-refractivity contribution < 1.29 is 22.4 Å². The first kappa shape index (κ1) is 32.4. The minimum absolute atomic E-state index is 0.0151. The number of nitrogens with zero attached hydrogens (tertiary/aromatic N) is 2. The number of nitrogens with one attached hydrogen (secondary N) is 1. The molecule has 4 rings (SSSR count). The summed E-state index contributed by atoms with van der Waals surface area (Å²) in [6, 6.07) is 28.9. The molecule has 0 spiro atoms. The third-order valence-electron chi connectivity index (χ3n) is 6.97. The molecule has 9 heteroatoms. The van der Waals surface area contributed by atoms with Crippen molar-refractivity contribution in [3.63, 3.8) is 0 Å². The monoisotopic (exact) mass is 615 g/mol. The van der Waals surface area contributed by atoms with Gasteiger partial charge in [-0.25, -0.2) is 12.8 Å². The van der Waals surface area contributed by atoms with Gasteiger partial charge in [0.2, 0.25) is 11.8 Å². The van der Waals surface area contributed by atoms with Crippen LogP contribution in [0.5, 0.6) is 0 Å². The number of rotatable bonds is 11. The highest BCUT2D eigenvalue weighted by molar-refractivity contribution is 7.92. The molecule has 0 saturated heterocycles. The zero-order chi connectivity index (χ0) is 31.9. The van der Waals surface area contributed by atoms with E-state index in [1.807, 2.05) is 64.1 Å². The molecule has 0 aromatic heterocycles. The average molecular weight is 616 g/mol. The maximum Gasteiger partial charge on any atom is 0.264 e. The van der Waals surface area contributed by atoms with Crippen molar-refractivity contribution in [2.45, 2.75) is 57.1 Å². The molecule has 4 aromatic carbocycles. The van der Waals surface area contributed by atoms with Gasteiger partial charge in [-0.3, -0.25) is 13.9 Å². The Hall–Kier alpha value is -4.50. The molecule has 0 heterocycles. The fourth-order valence-electron chi connectivity index (χ4n) is 4.85. The Morgan fingerprint density at radius 1 is 0.841 bits per heavy atom. The fourth-order valence-corrected chi connectivity index (χ4v) is 6.28. The molecular formula is C35H38FN3O4S. The third kappa shape index (κ3) is 8.32. The lowest BCUT2D eigenvalue weighted by molar-refractivity contribution is -0.140. The Labute approximate surface area is 259 Å². The molecule has 44 heavy (non-hydrogen) atoms. The molecule has 1 unspecified atom stereocenters. The zero-order valence-electron chi connectivity index (χ0n) is 25.4. The summed E-state index contributed by atoms with van der Waals surface area (Å²) in [5, 5.41) is 2.97. The Bertz CT molecular complexity index is 1690. The number of carbonyl (C=O) groups is 2. The van der Waals surface area contributed by atoms with Crippen LogP contribution in [0, 0.1) is 12.7 Å². The van der Waals surface area contributed by atoms with Gasteiger partial charge in [-0.05, 0) is 69.2 Å². The fraction of sp³-hybridized carbons (Fsp3) is 0.257. The number of hydrogen-bond donors (Lipinski definition) is 1. The second-order valence-corrected chi connectivity index (χ2v) is 13.6. The van der Waals surface area contributed by atoms with E-state index in [1.165, 1.54) is 23.1 Å². The van der Waals surface area contributed by atoms with Gasteiger partial charge in [0, 0.05) is 24.1 Å². The topological polar surface area (TPSA) is 86.8 Å². The van der Waals surface area contributed by atoms with Crippen molar-refractivity contribution in [3.8, 4) is 0 Å². The standard InChI is InChI=1S/C35H38FN3O4S/c1-26-14-13-18-29(22-26)39(44(42,43)30-19-9-6-10-20-30)25-33(40)38(24-28-17-11-12-21-31(28)36)32(34(41)37-35(2,3)4)23-27-15-7-5-8-16-27/h5-22,32H,23-25H2,1-4H3,(H,37,41). The van der Waals surface area contributed by atoms with Crippen LogP contribution in [0.25, 0.3) is 0 Å². The van der Waals surface area contributed by atoms with Crippen LogP contribution in [0.4, 0.5) is 10.1 Å². The van der Waals surface area contributed by atoms with E-state index in [2.05, 4.69) is 5.32 Å². The van der Waals surface area contributed by atoms with Crippen LogP contribution >= 0.6 is 0 Å². The zero-order valence-corrected chi connectivity index (χ0v) is 26.2. The van der Waals surface area contributed by atoms with Crippen molar-refractivity contribution in [2.75, 3.05) is 10.8 Å². The summed E-state index contributed by atoms with van der Waals surface area (Å²) in [4.78, 5) is 29.6. The number of amides is 2. The highest BCUT2D eigenvalue weighted by atomic mass is 32.2. The second-order valence-electron chi connectivity index (χ2n) is 11.7. The van der Waals surface area contributed by atoms with Gasteiger partial charge in [-0.2, -0.15) is 0 Å². The van der Waals surface area contributed by atoms with E-state index in [4.69, 9.17) is 0 Å². The normalized spacial score (nSPS) is 12.3. The van der Waals surface area contributed by atoms with E-state index < -0.39 is 45.8 Å². The van der Waals surface area contributed by atoms with E-state index in [9.17, 15) is 18.0 Å². The van der Waals surface area contributed by atoms with Gasteiger partial charge in [0.05, 0.1) is 10.6 Å². The van der Waals surface area contributed by atoms with Crippen LogP contribution in [0.3, 0.4) is 0 Å². The van der Waals surface area contributed by atoms with Gasteiger partial charge in [0.25, 0.3) is 10.0 Å². The van der Waals surface area contributed by atoms with E-state index in [0.717, 1.165) is 15.4 Å². The van der Waals surface area contributed by atoms with E-state index in [-0.39, 0.29) is 23.4 Å². The summed E-state index contributed by atoms with van der Waals surface area (Å²) in [7, 11) is -4.20. The smallest absolute Gasteiger partial charge is 0.264 e. The number of hydrogen-bond acceptors (Lipinski definition) is 4. The van der Waals surface area contributed by atoms with Crippen LogP contribution in [0.2, 0.25) is 0 Å². The number of anilines is 1. The molecular weight excluding hydrogens is 577 g/mol. The first-order valence-corrected chi connectivity index (χ1v) is 15.8. The summed E-state index contributed by atoms with van der Waals surface area (Å²) < 4.78 is 44.1. The van der Waals surface area contributed by atoms with Gasteiger partial charge < -0.3 is 10.2 Å². The van der Waals surface area contributed by atoms with Crippen LogP contribution in [-0.2, 0) is 32.6 Å². The molecule has 0 aliphatic rings. The minimum atomic E-state index is -4.20. The molecule has 0 saturated carbocycles. The number of aryl methyl sites for hydroxylation is 1. The van der Waals surface area contributed by atoms with Gasteiger partial charge in [0.15, 0.2) is 0 Å². The summed E-state index contributed by atoms with van der Waals surface area (Å²) in [5.41, 5.74) is 1.48. The predicted molar refractivity (Wildman–Crippen MR) is 171 cm³/mol. The summed E-state index contributed by atoms with van der Waals surface area (Å²) in [6.45, 7) is 6.48. The quantitative estimate of drug-likeness (QED) is 0.228. The van der Waals surface area contributed by atoms with Crippen LogP contribution < -0.4 is 9.62 Å². The molecule has 230 valence electrons. The SMILES string of the molecule is Cc1cccc(N(CC(=O)N(Cc2ccccc2F)C(Cc2ccccc2)C(=O)NC(C)(C)C)S(=O)(=O)c2ccccc2)c1. The predicted octanol–water partition coefficient (Wildman–Crippen LogP) is 5.88. The van der Waals surface area contributed by atoms with Crippen LogP contribution in [0.15, 0.2) is 114 Å². The van der Waals surface area contributed by atoms with Crippen LogP contribution in [0.1, 0.15) is 37.5 Å². The van der Waals surface area contributed by atoms with E-state index >= 15 is 4.39 Å². The summed E-state index contributed by atoms with van der Waals surface area (Å²) in [6.07, 6.45) is 0.138. The first-order valence-electron chi connectivity index (χ1n) is 14.4. The third-order valence-corrected chi connectivity index (χ3v) is 8.76. The Balaban J connectivity index is 1.82. The highest BCUT2D eigenvalue weighted by Crippen LogP contribution is 2.26. The Morgan fingerprint density at radius 3 is 2.07 bits per heavy atom. The van der Waals surface area contributed by atoms with Crippen molar-refractivity contribution in [1.29, 1.82) is 0 Å². The molecule has 1 N–H and O–H groups in total. The molecule has 4 aromatic rings. The summed E-state index contributed by atoms with van der Waals surface area (Å²) in [5.74, 6) is -1.62. The molecule has 0 aliphatic heterocycles. The molecule has 2 amide bonds. The van der Waals surface area contributed by atoms with Gasteiger partial charge >= 0.3 is 0 Å². The van der Waals surface area contributed by atoms with E-state index in [1.54, 1.807) is 54.6 Å². The summed E-state index contributed by atoms with van der Waals surface area (Å²) >= 11 is 0. The average Bonchev–Trinajstić information content (AvgIpc) is 2.98. The molecule has 0 fully saturated rings. The van der Waals surface area contributed by atoms with Crippen molar-refractivity contribution >= 4 is 27.5 Å². The number of sulfonamides is 1. The lowest BCUT2D eigenvalue weighted by atomic mass is 10.0. The van der Waals surface area contributed by atoms with Gasteiger partial charge in [-0.15, -0.1) is 0 Å². The lowest BCUT2D eigenvalue weighted by Gasteiger charge is -2.35. The molecule has 0 radical (unpaired) electrons. The molecule has 7 nitrogen and oxygen atoms in total. The van der Waals surface area contributed by atoms with Gasteiger partial charge in [0.1, 0.15) is 18.4 Å². The number of halogens is 1. The minimum Gasteiger partial charge on any atom is -0.350 e. The van der Waals surface area contributed by atoms with Crippen molar-refractivity contribution in [1.82, 2.24) is 10.2 Å². The number of carbonyl (C=O) groups excluding carboxylic acids is 2. The molecule has 0 bridgehead atoms. The number of benzene rings is 4. The van der Waals surface area contributed by atoms with E-state index in [0.29, 0.717) is 5.69 Å². The maximum atomic E-state index is 15.0. The lowest BCUT2D eigenvalue weighted by Crippen LogP contribution is -2.56. The van der Waals surface area contributed by atoms with Gasteiger partial charge in [-0.1, -0.05) is 78.9 Å². The van der Waals surface area contributed by atoms with Crippen molar-refractivity contribution in [2.24, 2.45) is 0 Å². The Kier molecular flexibility index (Phi) is 10.2. The van der Waals surface area contributed by atoms with Crippen LogP contribution in [-0.4, -0.2) is 43.3 Å². The Morgan fingerprint density at radius 2 is 1.45 bits per heavy atom. The molecule has 1 atom stereocenters. The molecule has 0 aliphatic carbocycles.